The molecule has 1 aliphatic heterocycles. The maximum Gasteiger partial charge on any atom is 0.0492 e. The summed E-state index contributed by atoms with van der Waals surface area (Å²) in [4.78, 5) is 2.60. The first kappa shape index (κ1) is 20.1. The average Bonchev–Trinajstić information content (AvgIpc) is 2.94. The average molecular weight is 462 g/mol. The Bertz CT molecular complexity index is 1860. The predicted octanol–water partition coefficient (Wildman–Crippen LogP) is 8.70. The van der Waals surface area contributed by atoms with E-state index in [2.05, 4.69) is 109 Å². The first-order chi connectivity index (χ1) is 17.8. The molecule has 0 unspecified atom stereocenters. The molecule has 172 valence electrons. The Labute approximate surface area is 211 Å². The van der Waals surface area contributed by atoms with E-state index in [9.17, 15) is 0 Å². The van der Waals surface area contributed by atoms with E-state index in [1.54, 1.807) is 0 Å². The fourth-order valence-electron chi connectivity index (χ4n) is 7.09. The number of rotatable bonds is 1. The van der Waals surface area contributed by atoms with Gasteiger partial charge in [-0.15, -0.1) is 0 Å². The highest BCUT2D eigenvalue weighted by atomic mass is 15.1. The Balaban J connectivity index is 1.62. The predicted molar refractivity (Wildman–Crippen MR) is 153 cm³/mol. The summed E-state index contributed by atoms with van der Waals surface area (Å²) < 4.78 is 0. The van der Waals surface area contributed by atoms with Crippen molar-refractivity contribution in [3.8, 4) is 0 Å². The number of hydrogen-bond acceptors (Lipinski definition) is 1. The highest BCUT2D eigenvalue weighted by molar-refractivity contribution is 6.28. The van der Waals surface area contributed by atoms with Crippen molar-refractivity contribution in [1.82, 2.24) is 0 Å². The molecule has 8 rings (SSSR count). The molecule has 0 saturated carbocycles. The number of fused-ring (bicyclic) bond motifs is 13. The molecular weight excluding hydrogens is 434 g/mol. The molecule has 6 aromatic rings. The second kappa shape index (κ2) is 7.45. The van der Waals surface area contributed by atoms with Crippen LogP contribution in [0.25, 0.3) is 32.3 Å². The summed E-state index contributed by atoms with van der Waals surface area (Å²) in [5.41, 5.74) is 11.8. The monoisotopic (exact) mass is 461 g/mol. The van der Waals surface area contributed by atoms with Crippen LogP contribution in [0.3, 0.4) is 0 Å². The van der Waals surface area contributed by atoms with Gasteiger partial charge in [0.05, 0.1) is 0 Å². The van der Waals surface area contributed by atoms with Crippen LogP contribution in [0.5, 0.6) is 0 Å². The summed E-state index contributed by atoms with van der Waals surface area (Å²) in [7, 11) is 0. The lowest BCUT2D eigenvalue weighted by Gasteiger charge is -2.38. The number of benzene rings is 6. The second-order valence-electron chi connectivity index (χ2n) is 10.3. The smallest absolute Gasteiger partial charge is 0.0492 e. The zero-order valence-electron chi connectivity index (χ0n) is 20.5. The molecule has 0 spiro atoms. The lowest BCUT2D eigenvalue weighted by molar-refractivity contribution is 0.927. The zero-order chi connectivity index (χ0) is 23.8. The Morgan fingerprint density at radius 3 is 1.61 bits per heavy atom. The van der Waals surface area contributed by atoms with Crippen molar-refractivity contribution < 1.29 is 0 Å². The van der Waals surface area contributed by atoms with Crippen LogP contribution in [0.15, 0.2) is 97.1 Å². The molecule has 6 aromatic carbocycles. The van der Waals surface area contributed by atoms with Gasteiger partial charge in [-0.25, -0.2) is 0 Å². The maximum absolute atomic E-state index is 2.60. The third kappa shape index (κ3) is 2.61. The van der Waals surface area contributed by atoms with E-state index in [1.807, 2.05) is 0 Å². The van der Waals surface area contributed by atoms with Crippen LogP contribution in [-0.4, -0.2) is 6.54 Å². The highest BCUT2D eigenvalue weighted by Crippen LogP contribution is 2.51. The Morgan fingerprint density at radius 1 is 0.500 bits per heavy atom. The molecule has 0 N–H and O–H groups in total. The summed E-state index contributed by atoms with van der Waals surface area (Å²) in [5, 5.41) is 8.45. The zero-order valence-corrected chi connectivity index (χ0v) is 20.5. The van der Waals surface area contributed by atoms with Crippen molar-refractivity contribution in [3.05, 3.63) is 130 Å². The number of nitrogens with zero attached hydrogens (tertiary/aromatic N) is 1. The van der Waals surface area contributed by atoms with Crippen molar-refractivity contribution in [3.63, 3.8) is 0 Å². The molecule has 1 heteroatoms. The minimum Gasteiger partial charge on any atom is -0.341 e. The van der Waals surface area contributed by atoms with Gasteiger partial charge in [0.25, 0.3) is 0 Å². The van der Waals surface area contributed by atoms with Crippen molar-refractivity contribution in [2.75, 3.05) is 11.4 Å². The quantitative estimate of drug-likeness (QED) is 0.221. The third-order valence-corrected chi connectivity index (χ3v) is 8.56. The number of hydrogen-bond donors (Lipinski definition) is 0. The number of para-hydroxylation sites is 1. The van der Waals surface area contributed by atoms with Crippen LogP contribution in [0.1, 0.15) is 40.3 Å². The topological polar surface area (TPSA) is 3.24 Å². The lowest BCUT2D eigenvalue weighted by Crippen LogP contribution is -2.26. The third-order valence-electron chi connectivity index (χ3n) is 8.56. The van der Waals surface area contributed by atoms with Gasteiger partial charge in [0.2, 0.25) is 0 Å². The molecule has 0 saturated heterocycles. The molecule has 0 radical (unpaired) electrons. The van der Waals surface area contributed by atoms with E-state index in [-0.39, 0.29) is 0 Å². The van der Waals surface area contributed by atoms with Crippen LogP contribution in [0.2, 0.25) is 0 Å². The van der Waals surface area contributed by atoms with E-state index in [4.69, 9.17) is 0 Å². The van der Waals surface area contributed by atoms with Crippen LogP contribution in [0.4, 0.5) is 11.4 Å². The summed E-state index contributed by atoms with van der Waals surface area (Å²) >= 11 is 0. The van der Waals surface area contributed by atoms with Crippen molar-refractivity contribution >= 4 is 43.7 Å². The molecule has 0 atom stereocenters. The molecule has 1 aliphatic carbocycles. The molecular formula is C35H27N. The first-order valence-corrected chi connectivity index (χ1v) is 13.2. The van der Waals surface area contributed by atoms with E-state index in [0.717, 1.165) is 25.8 Å². The first-order valence-electron chi connectivity index (χ1n) is 13.2. The Kier molecular flexibility index (Phi) is 4.16. The van der Waals surface area contributed by atoms with E-state index in [1.165, 1.54) is 77.1 Å². The fraction of sp³-hybridized carbons (Fsp3) is 0.143. The van der Waals surface area contributed by atoms with Gasteiger partial charge in [-0.1, -0.05) is 91.0 Å². The summed E-state index contributed by atoms with van der Waals surface area (Å²) in [6.45, 7) is 3.27. The highest BCUT2D eigenvalue weighted by Gasteiger charge is 2.32. The molecule has 0 aromatic heterocycles. The maximum atomic E-state index is 2.60. The summed E-state index contributed by atoms with van der Waals surface area (Å²) in [6, 6.07) is 36.2. The Hall–Kier alpha value is -4.10. The molecule has 36 heavy (non-hydrogen) atoms. The van der Waals surface area contributed by atoms with Crippen LogP contribution in [-0.2, 0) is 19.3 Å². The van der Waals surface area contributed by atoms with E-state index < -0.39 is 0 Å². The van der Waals surface area contributed by atoms with Gasteiger partial charge in [-0.3, -0.25) is 0 Å². The molecule has 0 amide bonds. The van der Waals surface area contributed by atoms with E-state index >= 15 is 0 Å². The van der Waals surface area contributed by atoms with Crippen molar-refractivity contribution in [2.45, 2.75) is 26.2 Å². The van der Waals surface area contributed by atoms with Gasteiger partial charge in [0, 0.05) is 30.8 Å². The fourth-order valence-corrected chi connectivity index (χ4v) is 7.09. The van der Waals surface area contributed by atoms with Crippen LogP contribution >= 0.6 is 0 Å². The van der Waals surface area contributed by atoms with Gasteiger partial charge in [0.1, 0.15) is 0 Å². The largest absolute Gasteiger partial charge is 0.341 e. The second-order valence-corrected chi connectivity index (χ2v) is 10.3. The standard InChI is InChI=1S/C35H27N/c1-2-36-32-18-10-5-13-24(32)21-31-34-28-17-9-7-15-26(28)25-14-6-8-16-27(25)33(34)29-19-22-11-3-4-12-23(22)20-30(29)35(31)36/h3-18H,2,19-21H2,1H3. The van der Waals surface area contributed by atoms with Gasteiger partial charge in [-0.2, -0.15) is 0 Å². The summed E-state index contributed by atoms with van der Waals surface area (Å²) in [6.07, 6.45) is 2.98. The lowest BCUT2D eigenvalue weighted by atomic mass is 9.76. The van der Waals surface area contributed by atoms with Crippen molar-refractivity contribution in [1.29, 1.82) is 0 Å². The number of anilines is 2. The molecule has 0 fully saturated rings. The summed E-state index contributed by atoms with van der Waals surface area (Å²) in [5.74, 6) is 0. The molecule has 1 nitrogen and oxygen atoms in total. The minimum atomic E-state index is 0.967. The molecule has 1 heterocycles. The minimum absolute atomic E-state index is 0.967. The Morgan fingerprint density at radius 2 is 0.972 bits per heavy atom. The van der Waals surface area contributed by atoms with Crippen molar-refractivity contribution in [2.24, 2.45) is 0 Å². The van der Waals surface area contributed by atoms with Crippen LogP contribution in [0, 0.1) is 0 Å². The van der Waals surface area contributed by atoms with Gasteiger partial charge in [-0.05, 0) is 85.1 Å². The normalized spacial score (nSPS) is 14.0. The molecule has 2 aliphatic rings. The van der Waals surface area contributed by atoms with Gasteiger partial charge >= 0.3 is 0 Å². The molecule has 0 bridgehead atoms. The van der Waals surface area contributed by atoms with E-state index in [0.29, 0.717) is 0 Å². The SMILES string of the molecule is CCN1c2ccccc2Cc2c1c1c(c3c4ccccc4c4ccccc4c23)Cc2ccccc2C1. The van der Waals surface area contributed by atoms with Crippen LogP contribution < -0.4 is 4.90 Å². The van der Waals surface area contributed by atoms with Gasteiger partial charge in [0.15, 0.2) is 0 Å². The van der Waals surface area contributed by atoms with Gasteiger partial charge < -0.3 is 4.90 Å².